The Labute approximate surface area is 75.8 Å². The van der Waals surface area contributed by atoms with Crippen molar-refractivity contribution in [1.82, 2.24) is 4.98 Å². The molecule has 0 aliphatic heterocycles. The third kappa shape index (κ3) is 34.1. The van der Waals surface area contributed by atoms with E-state index >= 15 is 0 Å². The minimum Gasteiger partial charge on any atom is -0.352 e. The molecule has 0 aromatic heterocycles. The van der Waals surface area contributed by atoms with Gasteiger partial charge in [-0.2, -0.15) is 0 Å². The van der Waals surface area contributed by atoms with Gasteiger partial charge in [-0.1, -0.05) is 26.6 Å². The normalized spacial score (nSPS) is 10.0. The van der Waals surface area contributed by atoms with Crippen LogP contribution in [0.3, 0.4) is 0 Å². The molecule has 0 unspecified atom stereocenters. The molecule has 0 aliphatic rings. The molecule has 0 saturated carbocycles. The number of nitrogens with one attached hydrogen (secondary N) is 1. The van der Waals surface area contributed by atoms with Gasteiger partial charge in [0.05, 0.1) is 0 Å². The Balaban J connectivity index is 0. The monoisotopic (exact) mass is 191 g/mol. The molecule has 0 heterocycles. The molecular formula is C7H21N3OSi. The molecule has 0 radical (unpaired) electrons. The summed E-state index contributed by atoms with van der Waals surface area (Å²) in [7, 11) is -0.928. The summed E-state index contributed by atoms with van der Waals surface area (Å²) in [5.41, 5.74) is 8.50. The van der Waals surface area contributed by atoms with Crippen LogP contribution in [-0.4, -0.2) is 20.8 Å². The summed E-state index contributed by atoms with van der Waals surface area (Å²) >= 11 is 0. The predicted octanol–water partition coefficient (Wildman–Crippen LogP) is 0.845. The number of hydrogen-bond acceptors (Lipinski definition) is 2. The van der Waals surface area contributed by atoms with E-state index in [1.165, 1.54) is 13.0 Å². The molecular weight excluding hydrogens is 170 g/mol. The van der Waals surface area contributed by atoms with Gasteiger partial charge in [0.2, 0.25) is 0 Å². The standard InChI is InChI=1S/C6H17NSi.CH4N2O/c1-5-6-7-8(2,3)4;2-1(3)4/h7H,5-6H2,1-4H3;(H4,2,3,4). The quantitative estimate of drug-likeness (QED) is 0.578. The minimum atomic E-state index is -0.928. The van der Waals surface area contributed by atoms with E-state index in [0.29, 0.717) is 0 Å². The number of carbonyl (C=O) groups is 1. The van der Waals surface area contributed by atoms with E-state index in [9.17, 15) is 0 Å². The van der Waals surface area contributed by atoms with Gasteiger partial charge in [-0.15, -0.1) is 0 Å². The molecule has 12 heavy (non-hydrogen) atoms. The minimum absolute atomic E-state index is 0.833. The van der Waals surface area contributed by atoms with Crippen LogP contribution in [0.5, 0.6) is 0 Å². The van der Waals surface area contributed by atoms with Gasteiger partial charge in [0.1, 0.15) is 8.24 Å². The first-order valence-corrected chi connectivity index (χ1v) is 7.59. The molecule has 2 amide bonds. The van der Waals surface area contributed by atoms with Crippen molar-refractivity contribution in [3.05, 3.63) is 0 Å². The zero-order valence-electron chi connectivity index (χ0n) is 8.48. The van der Waals surface area contributed by atoms with Gasteiger partial charge in [-0.3, -0.25) is 0 Å². The Hall–Kier alpha value is -0.553. The van der Waals surface area contributed by atoms with Crippen LogP contribution in [0.25, 0.3) is 0 Å². The van der Waals surface area contributed by atoms with Crippen molar-refractivity contribution >= 4 is 14.3 Å². The smallest absolute Gasteiger partial charge is 0.309 e. The van der Waals surface area contributed by atoms with E-state index in [-0.39, 0.29) is 0 Å². The zero-order valence-corrected chi connectivity index (χ0v) is 9.48. The van der Waals surface area contributed by atoms with Crippen LogP contribution in [-0.2, 0) is 0 Å². The summed E-state index contributed by atoms with van der Waals surface area (Å²) in [6.45, 7) is 10.4. The predicted molar refractivity (Wildman–Crippen MR) is 55.4 cm³/mol. The lowest BCUT2D eigenvalue weighted by molar-refractivity contribution is 0.256. The molecule has 0 aromatic carbocycles. The van der Waals surface area contributed by atoms with Crippen LogP contribution in [0, 0.1) is 0 Å². The Morgan fingerprint density at radius 2 is 1.67 bits per heavy atom. The number of rotatable bonds is 3. The topological polar surface area (TPSA) is 81.1 Å². The van der Waals surface area contributed by atoms with E-state index in [4.69, 9.17) is 4.79 Å². The van der Waals surface area contributed by atoms with Crippen molar-refractivity contribution in [1.29, 1.82) is 0 Å². The summed E-state index contributed by atoms with van der Waals surface area (Å²) in [4.78, 5) is 12.5. The van der Waals surface area contributed by atoms with Crippen LogP contribution >= 0.6 is 0 Å². The molecule has 0 aromatic rings. The van der Waals surface area contributed by atoms with Crippen LogP contribution < -0.4 is 16.4 Å². The largest absolute Gasteiger partial charge is 0.352 e. The maximum atomic E-state index is 9.00. The fourth-order valence-electron chi connectivity index (χ4n) is 0.500. The van der Waals surface area contributed by atoms with Gasteiger partial charge >= 0.3 is 6.03 Å². The molecule has 0 bridgehead atoms. The van der Waals surface area contributed by atoms with Gasteiger partial charge in [0, 0.05) is 0 Å². The van der Waals surface area contributed by atoms with E-state index in [2.05, 4.69) is 43.0 Å². The molecule has 0 atom stereocenters. The number of carbonyl (C=O) groups excluding carboxylic acids is 1. The molecule has 0 spiro atoms. The summed E-state index contributed by atoms with van der Waals surface area (Å²) < 4.78 is 0. The van der Waals surface area contributed by atoms with Crippen molar-refractivity contribution < 1.29 is 4.79 Å². The Kier molecular flexibility index (Phi) is 8.30. The van der Waals surface area contributed by atoms with E-state index in [1.54, 1.807) is 0 Å². The first kappa shape index (κ1) is 14.0. The number of amides is 2. The van der Waals surface area contributed by atoms with Crippen LogP contribution in [0.4, 0.5) is 4.79 Å². The number of primary amides is 2. The molecule has 0 aliphatic carbocycles. The SMILES string of the molecule is CCCN[Si](C)(C)C.NC(N)=O. The fraction of sp³-hybridized carbons (Fsp3) is 0.857. The molecule has 5 N–H and O–H groups in total. The molecule has 5 heteroatoms. The summed E-state index contributed by atoms with van der Waals surface area (Å²) in [5.74, 6) is 0. The van der Waals surface area contributed by atoms with Gasteiger partial charge in [0.25, 0.3) is 0 Å². The lowest BCUT2D eigenvalue weighted by Crippen LogP contribution is -2.41. The van der Waals surface area contributed by atoms with Crippen LogP contribution in [0.1, 0.15) is 13.3 Å². The Morgan fingerprint density at radius 3 is 1.75 bits per heavy atom. The molecule has 0 rings (SSSR count). The molecule has 4 nitrogen and oxygen atoms in total. The lowest BCUT2D eigenvalue weighted by Gasteiger charge is -2.16. The summed E-state index contributed by atoms with van der Waals surface area (Å²) in [6.07, 6.45) is 1.25. The first-order valence-electron chi connectivity index (χ1n) is 4.09. The van der Waals surface area contributed by atoms with Crippen LogP contribution in [0.15, 0.2) is 0 Å². The third-order valence-corrected chi connectivity index (χ3v) is 2.22. The van der Waals surface area contributed by atoms with Crippen molar-refractivity contribution in [3.8, 4) is 0 Å². The highest BCUT2D eigenvalue weighted by Crippen LogP contribution is 1.92. The van der Waals surface area contributed by atoms with E-state index in [1.807, 2.05) is 0 Å². The van der Waals surface area contributed by atoms with Gasteiger partial charge in [0.15, 0.2) is 0 Å². The fourth-order valence-corrected chi connectivity index (χ4v) is 1.50. The second-order valence-corrected chi connectivity index (χ2v) is 8.43. The van der Waals surface area contributed by atoms with Crippen molar-refractivity contribution in [3.63, 3.8) is 0 Å². The molecule has 0 fully saturated rings. The Bertz CT molecular complexity index is 118. The highest BCUT2D eigenvalue weighted by atomic mass is 28.3. The average molecular weight is 191 g/mol. The van der Waals surface area contributed by atoms with Crippen molar-refractivity contribution in [2.45, 2.75) is 33.0 Å². The summed E-state index contributed by atoms with van der Waals surface area (Å²) in [6, 6.07) is -0.833. The average Bonchev–Trinajstić information content (AvgIpc) is 1.80. The maximum absolute atomic E-state index is 9.00. The molecule has 74 valence electrons. The van der Waals surface area contributed by atoms with Crippen LogP contribution in [0.2, 0.25) is 19.6 Å². The third-order valence-electron chi connectivity index (χ3n) is 0.905. The van der Waals surface area contributed by atoms with Gasteiger partial charge < -0.3 is 16.4 Å². The second-order valence-electron chi connectivity index (χ2n) is 3.58. The highest BCUT2D eigenvalue weighted by Gasteiger charge is 2.09. The second kappa shape index (κ2) is 7.12. The number of hydrogen-bond donors (Lipinski definition) is 3. The Morgan fingerprint density at radius 1 is 1.33 bits per heavy atom. The van der Waals surface area contributed by atoms with Gasteiger partial charge in [-0.05, 0) is 13.0 Å². The summed E-state index contributed by atoms with van der Waals surface area (Å²) in [5, 5.41) is 0. The first-order chi connectivity index (χ1) is 5.29. The maximum Gasteiger partial charge on any atom is 0.309 e. The highest BCUT2D eigenvalue weighted by molar-refractivity contribution is 6.73. The van der Waals surface area contributed by atoms with Gasteiger partial charge in [-0.25, -0.2) is 4.79 Å². The number of nitrogens with two attached hydrogens (primary N) is 2. The van der Waals surface area contributed by atoms with E-state index in [0.717, 1.165) is 0 Å². The van der Waals surface area contributed by atoms with Crippen molar-refractivity contribution in [2.75, 3.05) is 6.54 Å². The zero-order chi connectivity index (χ0) is 10.2. The lowest BCUT2D eigenvalue weighted by atomic mass is 10.5. The number of urea groups is 1. The van der Waals surface area contributed by atoms with Crippen molar-refractivity contribution in [2.24, 2.45) is 11.5 Å². The molecule has 0 saturated heterocycles. The van der Waals surface area contributed by atoms with E-state index < -0.39 is 14.3 Å².